The summed E-state index contributed by atoms with van der Waals surface area (Å²) in [6, 6.07) is 11.1. The van der Waals surface area contributed by atoms with E-state index in [4.69, 9.17) is 27.9 Å². The van der Waals surface area contributed by atoms with Gasteiger partial charge in [0.2, 0.25) is 21.8 Å². The van der Waals surface area contributed by atoms with Crippen molar-refractivity contribution in [2.45, 2.75) is 45.7 Å². The number of benzene rings is 2. The molecule has 1 N–H and O–H groups in total. The fraction of sp³-hybridized carbons (Fsp3) is 0.440. The maximum absolute atomic E-state index is 13.4. The number of hydrogen-bond acceptors (Lipinski definition) is 5. The lowest BCUT2D eigenvalue weighted by Gasteiger charge is -2.31. The number of ether oxygens (including phenoxy) is 1. The molecule has 36 heavy (non-hydrogen) atoms. The Kier molecular flexibility index (Phi) is 11.3. The fourth-order valence-corrected chi connectivity index (χ4v) is 5.30. The number of halogens is 2. The lowest BCUT2D eigenvalue weighted by atomic mass is 10.1. The van der Waals surface area contributed by atoms with E-state index >= 15 is 0 Å². The van der Waals surface area contributed by atoms with Crippen molar-refractivity contribution in [2.24, 2.45) is 0 Å². The van der Waals surface area contributed by atoms with Gasteiger partial charge < -0.3 is 15.0 Å². The molecular weight excluding hydrogens is 525 g/mol. The number of rotatable bonds is 13. The standard InChI is InChI=1S/C25H33Cl2N3O5S/c1-5-21(25(32)28-6-2)29(17-18-13-14-19(26)16-20(18)27)24(31)12-9-15-30(36(4,33)34)22-10-7-8-11-23(22)35-3/h7-8,10-11,13-14,16,21H,5-6,9,12,15,17H2,1-4H3,(H,28,32). The summed E-state index contributed by atoms with van der Waals surface area (Å²) in [6.45, 7) is 4.26. The Labute approximate surface area is 223 Å². The van der Waals surface area contributed by atoms with Crippen LogP contribution in [0.5, 0.6) is 5.75 Å². The number of para-hydroxylation sites is 2. The summed E-state index contributed by atoms with van der Waals surface area (Å²) >= 11 is 12.4. The molecule has 0 spiro atoms. The number of anilines is 1. The van der Waals surface area contributed by atoms with Crippen molar-refractivity contribution in [2.75, 3.05) is 30.8 Å². The second-order valence-corrected chi connectivity index (χ2v) is 10.9. The van der Waals surface area contributed by atoms with Crippen LogP contribution in [-0.2, 0) is 26.2 Å². The van der Waals surface area contributed by atoms with Crippen LogP contribution < -0.4 is 14.4 Å². The van der Waals surface area contributed by atoms with E-state index in [0.29, 0.717) is 40.0 Å². The number of sulfonamides is 1. The van der Waals surface area contributed by atoms with Gasteiger partial charge in [-0.2, -0.15) is 0 Å². The van der Waals surface area contributed by atoms with Gasteiger partial charge in [-0.15, -0.1) is 0 Å². The zero-order valence-electron chi connectivity index (χ0n) is 21.0. The van der Waals surface area contributed by atoms with Crippen molar-refractivity contribution in [3.63, 3.8) is 0 Å². The molecule has 0 aliphatic carbocycles. The van der Waals surface area contributed by atoms with Crippen molar-refractivity contribution in [3.05, 3.63) is 58.1 Å². The van der Waals surface area contributed by atoms with Gasteiger partial charge in [0.05, 0.1) is 19.1 Å². The second kappa shape index (κ2) is 13.7. The molecule has 8 nitrogen and oxygen atoms in total. The minimum atomic E-state index is -3.63. The molecule has 2 amide bonds. The second-order valence-electron chi connectivity index (χ2n) is 8.19. The molecule has 1 unspecified atom stereocenters. The van der Waals surface area contributed by atoms with Crippen LogP contribution in [0.3, 0.4) is 0 Å². The fourth-order valence-electron chi connectivity index (χ4n) is 3.86. The summed E-state index contributed by atoms with van der Waals surface area (Å²) in [4.78, 5) is 27.7. The maximum Gasteiger partial charge on any atom is 0.242 e. The van der Waals surface area contributed by atoms with Gasteiger partial charge >= 0.3 is 0 Å². The maximum atomic E-state index is 13.4. The van der Waals surface area contributed by atoms with Crippen LogP contribution >= 0.6 is 23.2 Å². The van der Waals surface area contributed by atoms with Gasteiger partial charge in [0.1, 0.15) is 11.8 Å². The minimum absolute atomic E-state index is 0.0300. The molecule has 2 aromatic carbocycles. The molecule has 0 aliphatic heterocycles. The average Bonchev–Trinajstić information content (AvgIpc) is 2.82. The molecule has 2 aromatic rings. The van der Waals surface area contributed by atoms with Gasteiger partial charge in [-0.3, -0.25) is 13.9 Å². The summed E-state index contributed by atoms with van der Waals surface area (Å²) in [6.07, 6.45) is 1.78. The van der Waals surface area contributed by atoms with Crippen molar-refractivity contribution < 1.29 is 22.7 Å². The van der Waals surface area contributed by atoms with Crippen LogP contribution in [0.2, 0.25) is 10.0 Å². The van der Waals surface area contributed by atoms with Crippen molar-refractivity contribution in [1.29, 1.82) is 0 Å². The number of nitrogens with one attached hydrogen (secondary N) is 1. The molecule has 0 fully saturated rings. The first kappa shape index (κ1) is 29.7. The van der Waals surface area contributed by atoms with E-state index in [9.17, 15) is 18.0 Å². The molecule has 0 saturated heterocycles. The molecule has 0 aromatic heterocycles. The molecule has 11 heteroatoms. The number of methoxy groups -OCH3 is 1. The quantitative estimate of drug-likeness (QED) is 0.391. The lowest BCUT2D eigenvalue weighted by molar-refractivity contribution is -0.141. The first-order valence-electron chi connectivity index (χ1n) is 11.6. The van der Waals surface area contributed by atoms with Crippen LogP contribution in [0.4, 0.5) is 5.69 Å². The molecule has 0 heterocycles. The van der Waals surface area contributed by atoms with Crippen LogP contribution in [0.1, 0.15) is 38.7 Å². The molecule has 1 atom stereocenters. The van der Waals surface area contributed by atoms with E-state index in [1.807, 2.05) is 13.8 Å². The van der Waals surface area contributed by atoms with Crippen LogP contribution in [0.25, 0.3) is 0 Å². The third kappa shape index (κ3) is 8.01. The van der Waals surface area contributed by atoms with Gasteiger partial charge in [0.25, 0.3) is 0 Å². The third-order valence-corrected chi connectivity index (χ3v) is 7.37. The van der Waals surface area contributed by atoms with E-state index in [1.165, 1.54) is 16.3 Å². The van der Waals surface area contributed by atoms with Crippen LogP contribution in [-0.4, -0.2) is 57.6 Å². The number of hydrogen-bond donors (Lipinski definition) is 1. The highest BCUT2D eigenvalue weighted by molar-refractivity contribution is 7.92. The van der Waals surface area contributed by atoms with Crippen LogP contribution in [0, 0.1) is 0 Å². The number of likely N-dealkylation sites (N-methyl/N-ethyl adjacent to an activating group) is 1. The normalized spacial score (nSPS) is 12.1. The highest BCUT2D eigenvalue weighted by Crippen LogP contribution is 2.30. The Morgan fingerprint density at radius 2 is 1.81 bits per heavy atom. The zero-order valence-corrected chi connectivity index (χ0v) is 23.3. The SMILES string of the molecule is CCNC(=O)C(CC)N(Cc1ccc(Cl)cc1Cl)C(=O)CCCN(c1ccccc1OC)S(C)(=O)=O. The number of nitrogens with zero attached hydrogens (tertiary/aromatic N) is 2. The zero-order chi connectivity index (χ0) is 26.9. The Hall–Kier alpha value is -2.49. The molecule has 0 saturated carbocycles. The molecule has 0 aliphatic rings. The highest BCUT2D eigenvalue weighted by Gasteiger charge is 2.29. The summed E-state index contributed by atoms with van der Waals surface area (Å²) < 4.78 is 31.6. The number of carbonyl (C=O) groups is 2. The predicted molar refractivity (Wildman–Crippen MR) is 144 cm³/mol. The van der Waals surface area contributed by atoms with Crippen molar-refractivity contribution in [1.82, 2.24) is 10.2 Å². The smallest absolute Gasteiger partial charge is 0.242 e. The van der Waals surface area contributed by atoms with Gasteiger partial charge in [0.15, 0.2) is 0 Å². The topological polar surface area (TPSA) is 96.0 Å². The first-order chi connectivity index (χ1) is 17.0. The molecule has 0 bridgehead atoms. The summed E-state index contributed by atoms with van der Waals surface area (Å²) in [5, 5.41) is 3.64. The monoisotopic (exact) mass is 557 g/mol. The minimum Gasteiger partial charge on any atom is -0.495 e. The van der Waals surface area contributed by atoms with E-state index in [0.717, 1.165) is 6.26 Å². The Balaban J connectivity index is 2.26. The van der Waals surface area contributed by atoms with Gasteiger partial charge in [-0.1, -0.05) is 48.3 Å². The summed E-state index contributed by atoms with van der Waals surface area (Å²) in [7, 11) is -2.17. The molecule has 2 rings (SSSR count). The number of amides is 2. The van der Waals surface area contributed by atoms with E-state index in [1.54, 1.807) is 42.5 Å². The lowest BCUT2D eigenvalue weighted by Crippen LogP contribution is -2.49. The summed E-state index contributed by atoms with van der Waals surface area (Å²) in [5.41, 5.74) is 1.05. The van der Waals surface area contributed by atoms with Crippen molar-refractivity contribution in [3.8, 4) is 5.75 Å². The van der Waals surface area contributed by atoms with Crippen molar-refractivity contribution >= 4 is 50.7 Å². The van der Waals surface area contributed by atoms with E-state index in [2.05, 4.69) is 5.32 Å². The highest BCUT2D eigenvalue weighted by atomic mass is 35.5. The summed E-state index contributed by atoms with van der Waals surface area (Å²) in [5.74, 6) is -0.131. The Morgan fingerprint density at radius 1 is 1.11 bits per heavy atom. The van der Waals surface area contributed by atoms with Gasteiger partial charge in [-0.05, 0) is 49.6 Å². The number of carbonyl (C=O) groups excluding carboxylic acids is 2. The Morgan fingerprint density at radius 3 is 2.39 bits per heavy atom. The van der Waals surface area contributed by atoms with Crippen LogP contribution in [0.15, 0.2) is 42.5 Å². The first-order valence-corrected chi connectivity index (χ1v) is 14.3. The van der Waals surface area contributed by atoms with E-state index < -0.39 is 16.1 Å². The van der Waals surface area contributed by atoms with E-state index in [-0.39, 0.29) is 37.7 Å². The predicted octanol–water partition coefficient (Wildman–Crippen LogP) is 4.49. The molecular formula is C25H33Cl2N3O5S. The Bertz CT molecular complexity index is 1160. The van der Waals surface area contributed by atoms with Gasteiger partial charge in [0, 0.05) is 36.1 Å². The van der Waals surface area contributed by atoms with Gasteiger partial charge in [-0.25, -0.2) is 8.42 Å². The largest absolute Gasteiger partial charge is 0.495 e. The average molecular weight is 559 g/mol. The molecule has 198 valence electrons. The molecule has 0 radical (unpaired) electrons. The third-order valence-electron chi connectivity index (χ3n) is 5.60.